The summed E-state index contributed by atoms with van der Waals surface area (Å²) in [4.78, 5) is 24.2. The van der Waals surface area contributed by atoms with E-state index in [1.54, 1.807) is 6.08 Å². The van der Waals surface area contributed by atoms with Crippen LogP contribution in [0.25, 0.3) is 0 Å². The number of carbonyl (C=O) groups excluding carboxylic acids is 2. The maximum absolute atomic E-state index is 12.7. The van der Waals surface area contributed by atoms with E-state index in [4.69, 9.17) is 9.47 Å². The van der Waals surface area contributed by atoms with Crippen molar-refractivity contribution < 1.29 is 24.2 Å². The Labute approximate surface area is 174 Å². The number of fused-ring (bicyclic) bond motifs is 3. The van der Waals surface area contributed by atoms with Gasteiger partial charge in [-0.25, -0.2) is 4.79 Å². The van der Waals surface area contributed by atoms with Crippen LogP contribution in [0.5, 0.6) is 0 Å². The van der Waals surface area contributed by atoms with Gasteiger partial charge in [-0.3, -0.25) is 4.79 Å². The van der Waals surface area contributed by atoms with E-state index >= 15 is 0 Å². The first-order valence-corrected chi connectivity index (χ1v) is 11.3. The van der Waals surface area contributed by atoms with Crippen LogP contribution in [-0.2, 0) is 19.1 Å². The highest BCUT2D eigenvalue weighted by atomic mass is 16.5. The SMILES string of the molecule is COC(=O)[C@]1(C)CCC[C@@]2(C)[C@H]1CCC1[C@H](O)[C@@](C)(CC3=CC(=O)OC3)CC[C@@H]12. The lowest BCUT2D eigenvalue weighted by Crippen LogP contribution is -2.60. The molecule has 4 rings (SSSR count). The summed E-state index contributed by atoms with van der Waals surface area (Å²) in [5, 5.41) is 11.5. The maximum Gasteiger partial charge on any atom is 0.331 e. The minimum absolute atomic E-state index is 0.0640. The summed E-state index contributed by atoms with van der Waals surface area (Å²) in [6.07, 6.45) is 8.96. The Bertz CT molecular complexity index is 729. The molecule has 0 aromatic carbocycles. The van der Waals surface area contributed by atoms with Gasteiger partial charge in [-0.1, -0.05) is 20.3 Å². The van der Waals surface area contributed by atoms with Crippen molar-refractivity contribution in [2.24, 2.45) is 34.0 Å². The van der Waals surface area contributed by atoms with Gasteiger partial charge in [0.25, 0.3) is 0 Å². The van der Waals surface area contributed by atoms with Crippen molar-refractivity contribution in [2.75, 3.05) is 13.7 Å². The highest BCUT2D eigenvalue weighted by Gasteiger charge is 2.62. The summed E-state index contributed by atoms with van der Waals surface area (Å²) in [5.74, 6) is 0.685. The Morgan fingerprint density at radius 2 is 1.97 bits per heavy atom. The number of cyclic esters (lactones) is 1. The van der Waals surface area contributed by atoms with E-state index < -0.39 is 5.41 Å². The van der Waals surface area contributed by atoms with Crippen LogP contribution < -0.4 is 0 Å². The first-order valence-electron chi connectivity index (χ1n) is 11.3. The van der Waals surface area contributed by atoms with Crippen LogP contribution >= 0.6 is 0 Å². The number of methoxy groups -OCH3 is 1. The molecule has 5 heteroatoms. The maximum atomic E-state index is 12.7. The standard InChI is InChI=1S/C24H36O5/c1-22(13-15-12-19(25)29-14-15)11-8-17-16(20(22)26)6-7-18-23(17,2)9-5-10-24(18,3)21(27)28-4/h12,16-18,20,26H,5-11,13-14H2,1-4H3/t16?,17-,18+,20-,22+,23+,24+/m0/s1. The second-order valence-corrected chi connectivity index (χ2v) is 10.9. The van der Waals surface area contributed by atoms with Crippen LogP contribution in [0.3, 0.4) is 0 Å². The monoisotopic (exact) mass is 404 g/mol. The van der Waals surface area contributed by atoms with Crippen LogP contribution in [0.2, 0.25) is 0 Å². The third-order valence-corrected chi connectivity index (χ3v) is 9.28. The lowest BCUT2D eigenvalue weighted by molar-refractivity contribution is -0.190. The average Bonchev–Trinajstić information content (AvgIpc) is 3.08. The van der Waals surface area contributed by atoms with Gasteiger partial charge in [-0.2, -0.15) is 0 Å². The van der Waals surface area contributed by atoms with Crippen molar-refractivity contribution in [3.63, 3.8) is 0 Å². The van der Waals surface area contributed by atoms with E-state index in [-0.39, 0.29) is 34.8 Å². The average molecular weight is 405 g/mol. The quantitative estimate of drug-likeness (QED) is 0.719. The summed E-state index contributed by atoms with van der Waals surface area (Å²) in [7, 11) is 1.51. The van der Waals surface area contributed by atoms with Crippen molar-refractivity contribution in [3.05, 3.63) is 11.6 Å². The molecule has 0 aromatic rings. The van der Waals surface area contributed by atoms with Crippen LogP contribution in [0, 0.1) is 34.0 Å². The fraction of sp³-hybridized carbons (Fsp3) is 0.833. The molecule has 4 aliphatic rings. The molecule has 3 fully saturated rings. The molecule has 1 unspecified atom stereocenters. The second kappa shape index (κ2) is 7.11. The van der Waals surface area contributed by atoms with Gasteiger partial charge in [-0.15, -0.1) is 0 Å². The van der Waals surface area contributed by atoms with Gasteiger partial charge in [0.05, 0.1) is 18.6 Å². The predicted molar refractivity (Wildman–Crippen MR) is 109 cm³/mol. The number of esters is 2. The molecule has 5 nitrogen and oxygen atoms in total. The van der Waals surface area contributed by atoms with Crippen molar-refractivity contribution in [1.29, 1.82) is 0 Å². The van der Waals surface area contributed by atoms with Crippen molar-refractivity contribution in [3.8, 4) is 0 Å². The van der Waals surface area contributed by atoms with Crippen LogP contribution in [0.4, 0.5) is 0 Å². The van der Waals surface area contributed by atoms with E-state index in [0.717, 1.165) is 56.9 Å². The normalized spacial score (nSPS) is 46.9. The molecule has 0 bridgehead atoms. The zero-order valence-electron chi connectivity index (χ0n) is 18.3. The molecule has 1 N–H and O–H groups in total. The van der Waals surface area contributed by atoms with Gasteiger partial charge in [-0.05, 0) is 86.0 Å². The lowest BCUT2D eigenvalue weighted by Gasteiger charge is -2.63. The first-order chi connectivity index (χ1) is 13.6. The number of ether oxygens (including phenoxy) is 2. The van der Waals surface area contributed by atoms with Gasteiger partial charge in [0.1, 0.15) is 6.61 Å². The number of aliphatic hydroxyl groups is 1. The van der Waals surface area contributed by atoms with Crippen LogP contribution in [0.15, 0.2) is 11.6 Å². The topological polar surface area (TPSA) is 72.8 Å². The Balaban J connectivity index is 1.58. The zero-order valence-corrected chi connectivity index (χ0v) is 18.3. The molecular formula is C24H36O5. The summed E-state index contributed by atoms with van der Waals surface area (Å²) >= 11 is 0. The van der Waals surface area contributed by atoms with Gasteiger partial charge in [0.2, 0.25) is 0 Å². The third kappa shape index (κ3) is 3.15. The number of hydrogen-bond donors (Lipinski definition) is 1. The molecule has 29 heavy (non-hydrogen) atoms. The molecule has 3 aliphatic carbocycles. The molecule has 1 heterocycles. The van der Waals surface area contributed by atoms with E-state index in [1.807, 2.05) is 0 Å². The summed E-state index contributed by atoms with van der Waals surface area (Å²) < 4.78 is 10.3. The molecule has 0 amide bonds. The number of rotatable bonds is 3. The first kappa shape index (κ1) is 20.9. The van der Waals surface area contributed by atoms with Gasteiger partial charge < -0.3 is 14.6 Å². The molecule has 0 saturated heterocycles. The minimum atomic E-state index is -0.412. The van der Waals surface area contributed by atoms with Gasteiger partial charge >= 0.3 is 11.9 Å². The third-order valence-electron chi connectivity index (χ3n) is 9.28. The lowest BCUT2D eigenvalue weighted by atomic mass is 9.42. The Morgan fingerprint density at radius 3 is 2.62 bits per heavy atom. The Kier molecular flexibility index (Phi) is 5.12. The molecule has 1 aliphatic heterocycles. The van der Waals surface area contributed by atoms with Crippen LogP contribution in [-0.4, -0.2) is 36.9 Å². The number of aliphatic hydroxyl groups excluding tert-OH is 1. The molecule has 7 atom stereocenters. The molecule has 3 saturated carbocycles. The van der Waals surface area contributed by atoms with Crippen LogP contribution in [0.1, 0.15) is 72.1 Å². The Hall–Kier alpha value is -1.36. The van der Waals surface area contributed by atoms with E-state index in [0.29, 0.717) is 18.4 Å². The predicted octanol–water partition coefficient (Wildman–Crippen LogP) is 4.03. The van der Waals surface area contributed by atoms with Crippen molar-refractivity contribution in [1.82, 2.24) is 0 Å². The highest BCUT2D eigenvalue weighted by molar-refractivity contribution is 5.85. The summed E-state index contributed by atoms with van der Waals surface area (Å²) in [6.45, 7) is 7.02. The van der Waals surface area contributed by atoms with Gasteiger partial charge in [0, 0.05) is 6.08 Å². The summed E-state index contributed by atoms with van der Waals surface area (Å²) in [6, 6.07) is 0. The van der Waals surface area contributed by atoms with E-state index in [1.165, 1.54) is 7.11 Å². The van der Waals surface area contributed by atoms with Crippen molar-refractivity contribution in [2.45, 2.75) is 78.2 Å². The molecule has 0 aromatic heterocycles. The van der Waals surface area contributed by atoms with E-state index in [2.05, 4.69) is 20.8 Å². The Morgan fingerprint density at radius 1 is 1.21 bits per heavy atom. The molecule has 0 radical (unpaired) electrons. The minimum Gasteiger partial charge on any atom is -0.469 e. The number of hydrogen-bond acceptors (Lipinski definition) is 5. The summed E-state index contributed by atoms with van der Waals surface area (Å²) in [5.41, 5.74) is 0.443. The van der Waals surface area contributed by atoms with Crippen molar-refractivity contribution >= 4 is 11.9 Å². The fourth-order valence-electron chi connectivity index (χ4n) is 7.83. The fourth-order valence-corrected chi connectivity index (χ4v) is 7.83. The van der Waals surface area contributed by atoms with E-state index in [9.17, 15) is 14.7 Å². The molecule has 162 valence electrons. The molecule has 0 spiro atoms. The smallest absolute Gasteiger partial charge is 0.331 e. The number of carbonyl (C=O) groups is 2. The highest BCUT2D eigenvalue weighted by Crippen LogP contribution is 2.65. The zero-order chi connectivity index (χ0) is 21.0. The second-order valence-electron chi connectivity index (χ2n) is 10.9. The largest absolute Gasteiger partial charge is 0.469 e. The molecular weight excluding hydrogens is 368 g/mol. The van der Waals surface area contributed by atoms with Gasteiger partial charge in [0.15, 0.2) is 0 Å².